The maximum atomic E-state index is 10.3. The van der Waals surface area contributed by atoms with Crippen LogP contribution in [0.1, 0.15) is 5.01 Å². The van der Waals surface area contributed by atoms with Gasteiger partial charge in [0, 0.05) is 15.2 Å². The van der Waals surface area contributed by atoms with Gasteiger partial charge in [0.25, 0.3) is 0 Å². The van der Waals surface area contributed by atoms with E-state index in [0.29, 0.717) is 6.42 Å². The van der Waals surface area contributed by atoms with Crippen LogP contribution in [0.25, 0.3) is 10.6 Å². The second-order valence-electron chi connectivity index (χ2n) is 2.63. The molecule has 0 amide bonds. The summed E-state index contributed by atoms with van der Waals surface area (Å²) >= 11 is 6.57. The van der Waals surface area contributed by atoms with Crippen LogP contribution >= 0.6 is 38.6 Å². The van der Waals surface area contributed by atoms with Gasteiger partial charge in [-0.25, -0.2) is 4.98 Å². The predicted molar refractivity (Wildman–Crippen MR) is 62.9 cm³/mol. The zero-order valence-electron chi connectivity index (χ0n) is 7.07. The van der Waals surface area contributed by atoms with Gasteiger partial charge in [0.15, 0.2) is 0 Å². The summed E-state index contributed by atoms with van der Waals surface area (Å²) < 4.78 is 1.07. The highest BCUT2D eigenvalue weighted by atomic mass is 79.9. The SMILES string of the molecule is O=CCc1nc(-c2cc(Br)cs2)cs1. The summed E-state index contributed by atoms with van der Waals surface area (Å²) in [4.78, 5) is 15.8. The quantitative estimate of drug-likeness (QED) is 0.810. The second kappa shape index (κ2) is 4.33. The zero-order valence-corrected chi connectivity index (χ0v) is 10.3. The standard InChI is InChI=1S/C9H6BrNOS2/c10-6-3-8(13-4-6)7-5-14-9(11-7)1-2-12/h2-5H,1H2. The molecule has 0 aliphatic carbocycles. The lowest BCUT2D eigenvalue weighted by Crippen LogP contribution is -1.83. The Hall–Kier alpha value is -0.520. The minimum atomic E-state index is 0.414. The molecule has 0 saturated carbocycles. The largest absolute Gasteiger partial charge is 0.303 e. The molecule has 72 valence electrons. The van der Waals surface area contributed by atoms with Crippen LogP contribution < -0.4 is 0 Å². The van der Waals surface area contributed by atoms with E-state index in [2.05, 4.69) is 20.9 Å². The van der Waals surface area contributed by atoms with Gasteiger partial charge in [0.2, 0.25) is 0 Å². The van der Waals surface area contributed by atoms with Crippen LogP contribution in [0.5, 0.6) is 0 Å². The lowest BCUT2D eigenvalue weighted by Gasteiger charge is -1.86. The Kier molecular flexibility index (Phi) is 3.10. The third-order valence-electron chi connectivity index (χ3n) is 1.63. The topological polar surface area (TPSA) is 30.0 Å². The van der Waals surface area contributed by atoms with Crippen LogP contribution in [0.3, 0.4) is 0 Å². The first-order valence-electron chi connectivity index (χ1n) is 3.92. The number of halogens is 1. The molecule has 2 nitrogen and oxygen atoms in total. The Morgan fingerprint density at radius 2 is 2.29 bits per heavy atom. The Bertz CT molecular complexity index is 449. The number of carbonyl (C=O) groups excluding carboxylic acids is 1. The van der Waals surface area contributed by atoms with Gasteiger partial charge < -0.3 is 4.79 Å². The normalized spacial score (nSPS) is 10.4. The van der Waals surface area contributed by atoms with E-state index in [1.54, 1.807) is 11.3 Å². The Labute approximate surface area is 97.7 Å². The van der Waals surface area contributed by atoms with Gasteiger partial charge in [-0.1, -0.05) is 0 Å². The molecular weight excluding hydrogens is 282 g/mol. The third-order valence-corrected chi connectivity index (χ3v) is 4.21. The highest BCUT2D eigenvalue weighted by Crippen LogP contribution is 2.30. The fraction of sp³-hybridized carbons (Fsp3) is 0.111. The number of hydrogen-bond donors (Lipinski definition) is 0. The molecular formula is C9H6BrNOS2. The zero-order chi connectivity index (χ0) is 9.97. The van der Waals surface area contributed by atoms with Crippen molar-refractivity contribution in [1.29, 1.82) is 0 Å². The predicted octanol–water partition coefficient (Wildman–Crippen LogP) is 3.38. The van der Waals surface area contributed by atoms with Crippen molar-refractivity contribution in [3.63, 3.8) is 0 Å². The fourth-order valence-corrected chi connectivity index (χ4v) is 3.24. The minimum absolute atomic E-state index is 0.414. The van der Waals surface area contributed by atoms with Gasteiger partial charge in [-0.2, -0.15) is 0 Å². The molecule has 5 heteroatoms. The smallest absolute Gasteiger partial charge is 0.126 e. The molecule has 0 N–H and O–H groups in total. The van der Waals surface area contributed by atoms with Crippen molar-refractivity contribution in [2.75, 3.05) is 0 Å². The highest BCUT2D eigenvalue weighted by molar-refractivity contribution is 9.10. The van der Waals surface area contributed by atoms with E-state index in [-0.39, 0.29) is 0 Å². The molecule has 2 rings (SSSR count). The number of hydrogen-bond acceptors (Lipinski definition) is 4. The number of aromatic nitrogens is 1. The van der Waals surface area contributed by atoms with Crippen molar-refractivity contribution in [3.05, 3.63) is 26.3 Å². The Balaban J connectivity index is 2.28. The van der Waals surface area contributed by atoms with Crippen LogP contribution in [-0.4, -0.2) is 11.3 Å². The average Bonchev–Trinajstić information content (AvgIpc) is 2.74. The fourth-order valence-electron chi connectivity index (χ4n) is 1.04. The van der Waals surface area contributed by atoms with Gasteiger partial charge in [-0.05, 0) is 22.0 Å². The maximum Gasteiger partial charge on any atom is 0.126 e. The van der Waals surface area contributed by atoms with Crippen LogP contribution in [0.15, 0.2) is 21.3 Å². The summed E-state index contributed by atoms with van der Waals surface area (Å²) in [5, 5.41) is 4.88. The number of thiophene rings is 1. The van der Waals surface area contributed by atoms with Crippen LogP contribution in [0.4, 0.5) is 0 Å². The molecule has 2 aromatic rings. The lowest BCUT2D eigenvalue weighted by molar-refractivity contribution is -0.107. The van der Waals surface area contributed by atoms with E-state index in [0.717, 1.165) is 26.3 Å². The Morgan fingerprint density at radius 1 is 1.43 bits per heavy atom. The van der Waals surface area contributed by atoms with Gasteiger partial charge in [0.1, 0.15) is 11.3 Å². The van der Waals surface area contributed by atoms with Crippen molar-refractivity contribution < 1.29 is 4.79 Å². The maximum absolute atomic E-state index is 10.3. The molecule has 0 atom stereocenters. The number of carbonyl (C=O) groups is 1. The molecule has 0 bridgehead atoms. The highest BCUT2D eigenvalue weighted by Gasteiger charge is 2.06. The van der Waals surface area contributed by atoms with Crippen molar-refractivity contribution in [2.24, 2.45) is 0 Å². The van der Waals surface area contributed by atoms with E-state index in [9.17, 15) is 4.79 Å². The molecule has 0 unspecified atom stereocenters. The second-order valence-corrected chi connectivity index (χ2v) is 5.40. The van der Waals surface area contributed by atoms with E-state index in [1.165, 1.54) is 11.3 Å². The van der Waals surface area contributed by atoms with Crippen molar-refractivity contribution in [2.45, 2.75) is 6.42 Å². The molecule has 2 heterocycles. The summed E-state index contributed by atoms with van der Waals surface area (Å²) in [7, 11) is 0. The summed E-state index contributed by atoms with van der Waals surface area (Å²) in [6.07, 6.45) is 1.30. The number of nitrogens with zero attached hydrogens (tertiary/aromatic N) is 1. The van der Waals surface area contributed by atoms with Crippen molar-refractivity contribution >= 4 is 44.9 Å². The van der Waals surface area contributed by atoms with Crippen LogP contribution in [-0.2, 0) is 11.2 Å². The first kappa shape index (κ1) is 10.0. The number of rotatable bonds is 3. The molecule has 14 heavy (non-hydrogen) atoms. The molecule has 0 radical (unpaired) electrons. The molecule has 0 aliphatic rings. The van der Waals surface area contributed by atoms with Gasteiger partial charge >= 0.3 is 0 Å². The van der Waals surface area contributed by atoms with Crippen molar-refractivity contribution in [1.82, 2.24) is 4.98 Å². The van der Waals surface area contributed by atoms with E-state index in [4.69, 9.17) is 0 Å². The number of aldehydes is 1. The lowest BCUT2D eigenvalue weighted by atomic mass is 10.4. The summed E-state index contributed by atoms with van der Waals surface area (Å²) in [6.45, 7) is 0. The van der Waals surface area contributed by atoms with Gasteiger partial charge in [-0.15, -0.1) is 22.7 Å². The van der Waals surface area contributed by atoms with E-state index in [1.807, 2.05) is 16.8 Å². The third kappa shape index (κ3) is 2.10. The average molecular weight is 288 g/mol. The molecule has 0 fully saturated rings. The van der Waals surface area contributed by atoms with Crippen LogP contribution in [0.2, 0.25) is 0 Å². The first-order chi connectivity index (χ1) is 6.79. The molecule has 0 spiro atoms. The van der Waals surface area contributed by atoms with Gasteiger partial charge in [-0.3, -0.25) is 0 Å². The monoisotopic (exact) mass is 287 g/mol. The van der Waals surface area contributed by atoms with Gasteiger partial charge in [0.05, 0.1) is 17.0 Å². The van der Waals surface area contributed by atoms with E-state index >= 15 is 0 Å². The Morgan fingerprint density at radius 3 is 2.93 bits per heavy atom. The number of thiazole rings is 1. The van der Waals surface area contributed by atoms with E-state index < -0.39 is 0 Å². The molecule has 0 saturated heterocycles. The molecule has 0 aromatic carbocycles. The molecule has 0 aliphatic heterocycles. The van der Waals surface area contributed by atoms with Crippen molar-refractivity contribution in [3.8, 4) is 10.6 Å². The summed E-state index contributed by atoms with van der Waals surface area (Å²) in [5.41, 5.74) is 0.961. The molecule has 2 aromatic heterocycles. The summed E-state index contributed by atoms with van der Waals surface area (Å²) in [6, 6.07) is 2.03. The first-order valence-corrected chi connectivity index (χ1v) is 6.47. The van der Waals surface area contributed by atoms with Crippen LogP contribution in [0, 0.1) is 0 Å². The minimum Gasteiger partial charge on any atom is -0.303 e. The summed E-state index contributed by atoms with van der Waals surface area (Å²) in [5.74, 6) is 0.